The molecule has 0 aliphatic carbocycles. The zero-order valence-corrected chi connectivity index (χ0v) is 15.2. The molecule has 1 aromatic carbocycles. The fourth-order valence-corrected chi connectivity index (χ4v) is 3.37. The van der Waals surface area contributed by atoms with E-state index in [2.05, 4.69) is 4.98 Å². The van der Waals surface area contributed by atoms with E-state index in [1.165, 1.54) is 32.1 Å². The van der Waals surface area contributed by atoms with Crippen LogP contribution in [-0.4, -0.2) is 44.2 Å². The third-order valence-electron chi connectivity index (χ3n) is 2.89. The van der Waals surface area contributed by atoms with Crippen LogP contribution in [0.15, 0.2) is 52.5 Å². The molecule has 0 amide bonds. The molecular weight excluding hydrogens is 356 g/mol. The molecule has 0 radical (unpaired) electrons. The van der Waals surface area contributed by atoms with E-state index in [-0.39, 0.29) is 4.90 Å². The summed E-state index contributed by atoms with van der Waals surface area (Å²) in [5.74, 6) is 1.41. The molecule has 0 aliphatic heterocycles. The Hall–Kier alpha value is -1.28. The Morgan fingerprint density at radius 1 is 1.26 bits per heavy atom. The molecule has 0 aliphatic rings. The van der Waals surface area contributed by atoms with Crippen LogP contribution in [-0.2, 0) is 10.0 Å². The molecule has 0 saturated heterocycles. The lowest BCUT2D eigenvalue weighted by atomic mass is 10.3. The van der Waals surface area contributed by atoms with Crippen molar-refractivity contribution < 1.29 is 13.2 Å². The van der Waals surface area contributed by atoms with Crippen LogP contribution in [0.1, 0.15) is 0 Å². The average Bonchev–Trinajstić information content (AvgIpc) is 2.52. The second-order valence-corrected chi connectivity index (χ2v) is 8.48. The smallest absolute Gasteiger partial charge is 0.244 e. The minimum atomic E-state index is -3.43. The minimum Gasteiger partial charge on any atom is -0.493 e. The molecule has 2 aromatic rings. The van der Waals surface area contributed by atoms with Gasteiger partial charge in [0.25, 0.3) is 0 Å². The van der Waals surface area contributed by atoms with E-state index < -0.39 is 10.0 Å². The molecular formula is C15H17ClN2O3S2. The number of thioether (sulfide) groups is 1. The molecule has 0 atom stereocenters. The Morgan fingerprint density at radius 2 is 2.04 bits per heavy atom. The summed E-state index contributed by atoms with van der Waals surface area (Å²) >= 11 is 7.37. The summed E-state index contributed by atoms with van der Waals surface area (Å²) in [5, 5.41) is 1.38. The monoisotopic (exact) mass is 372 g/mol. The standard InChI is InChI=1S/C15H17ClN2O3S2/c1-18(2)23(19,20)14-6-7-15(17-11-14)22-9-8-21-13-5-3-4-12(16)10-13/h3-7,10-11H,8-9H2,1-2H3. The van der Waals surface area contributed by atoms with Crippen LogP contribution in [0.5, 0.6) is 5.75 Å². The predicted molar refractivity (Wildman–Crippen MR) is 92.8 cm³/mol. The van der Waals surface area contributed by atoms with E-state index in [4.69, 9.17) is 16.3 Å². The molecule has 8 heteroatoms. The largest absolute Gasteiger partial charge is 0.493 e. The number of hydrogen-bond donors (Lipinski definition) is 0. The van der Waals surface area contributed by atoms with E-state index in [0.717, 1.165) is 15.1 Å². The number of halogens is 1. The van der Waals surface area contributed by atoms with Crippen molar-refractivity contribution in [3.8, 4) is 5.75 Å². The average molecular weight is 373 g/mol. The minimum absolute atomic E-state index is 0.182. The summed E-state index contributed by atoms with van der Waals surface area (Å²) in [6, 6.07) is 10.5. The van der Waals surface area contributed by atoms with Gasteiger partial charge in [-0.15, -0.1) is 11.8 Å². The Morgan fingerprint density at radius 3 is 2.65 bits per heavy atom. The van der Waals surface area contributed by atoms with Gasteiger partial charge in [0, 0.05) is 31.1 Å². The molecule has 124 valence electrons. The van der Waals surface area contributed by atoms with E-state index >= 15 is 0 Å². The highest BCUT2D eigenvalue weighted by Crippen LogP contribution is 2.20. The number of aromatic nitrogens is 1. The third-order valence-corrected chi connectivity index (χ3v) is 5.83. The number of ether oxygens (including phenoxy) is 1. The molecule has 1 heterocycles. The van der Waals surface area contributed by atoms with Crippen molar-refractivity contribution >= 4 is 33.4 Å². The fraction of sp³-hybridized carbons (Fsp3) is 0.267. The van der Waals surface area contributed by atoms with Crippen molar-refractivity contribution in [3.05, 3.63) is 47.6 Å². The highest BCUT2D eigenvalue weighted by Gasteiger charge is 2.17. The molecule has 0 N–H and O–H groups in total. The lowest BCUT2D eigenvalue weighted by Gasteiger charge is -2.11. The Labute approximate surface area is 145 Å². The highest BCUT2D eigenvalue weighted by molar-refractivity contribution is 7.99. The molecule has 0 unspecified atom stereocenters. The Balaban J connectivity index is 1.85. The van der Waals surface area contributed by atoms with Crippen LogP contribution in [0.4, 0.5) is 0 Å². The first-order valence-electron chi connectivity index (χ1n) is 6.79. The first kappa shape index (κ1) is 18.1. The van der Waals surface area contributed by atoms with E-state index in [9.17, 15) is 8.42 Å². The van der Waals surface area contributed by atoms with Crippen molar-refractivity contribution in [1.29, 1.82) is 0 Å². The maximum atomic E-state index is 11.9. The van der Waals surface area contributed by atoms with E-state index in [0.29, 0.717) is 17.4 Å². The fourth-order valence-electron chi connectivity index (χ4n) is 1.68. The molecule has 0 bridgehead atoms. The lowest BCUT2D eigenvalue weighted by molar-refractivity contribution is 0.344. The molecule has 23 heavy (non-hydrogen) atoms. The van der Waals surface area contributed by atoms with Crippen LogP contribution in [0.2, 0.25) is 5.02 Å². The molecule has 0 saturated carbocycles. The summed E-state index contributed by atoms with van der Waals surface area (Å²) in [6.07, 6.45) is 1.37. The maximum absolute atomic E-state index is 11.9. The number of rotatable bonds is 7. The van der Waals surface area contributed by atoms with Gasteiger partial charge in [0.05, 0.1) is 11.6 Å². The van der Waals surface area contributed by atoms with Gasteiger partial charge < -0.3 is 4.74 Å². The molecule has 0 spiro atoms. The number of hydrogen-bond acceptors (Lipinski definition) is 5. The quantitative estimate of drug-likeness (QED) is 0.552. The van der Waals surface area contributed by atoms with Gasteiger partial charge in [0.2, 0.25) is 10.0 Å². The first-order valence-corrected chi connectivity index (χ1v) is 9.60. The van der Waals surface area contributed by atoms with Crippen molar-refractivity contribution in [2.75, 3.05) is 26.5 Å². The lowest BCUT2D eigenvalue weighted by Crippen LogP contribution is -2.22. The molecule has 1 aromatic heterocycles. The highest BCUT2D eigenvalue weighted by atomic mass is 35.5. The summed E-state index contributed by atoms with van der Waals surface area (Å²) < 4.78 is 30.6. The second-order valence-electron chi connectivity index (χ2n) is 4.77. The van der Waals surface area contributed by atoms with Gasteiger partial charge in [-0.3, -0.25) is 0 Å². The van der Waals surface area contributed by atoms with Gasteiger partial charge in [-0.25, -0.2) is 17.7 Å². The normalized spacial score (nSPS) is 11.7. The van der Waals surface area contributed by atoms with Crippen LogP contribution in [0.3, 0.4) is 0 Å². The van der Waals surface area contributed by atoms with Gasteiger partial charge in [-0.05, 0) is 30.3 Å². The zero-order valence-electron chi connectivity index (χ0n) is 12.8. The molecule has 5 nitrogen and oxygen atoms in total. The van der Waals surface area contributed by atoms with Crippen molar-refractivity contribution in [2.45, 2.75) is 9.92 Å². The van der Waals surface area contributed by atoms with Crippen LogP contribution < -0.4 is 4.74 Å². The van der Waals surface area contributed by atoms with Gasteiger partial charge in [-0.2, -0.15) is 0 Å². The van der Waals surface area contributed by atoms with Crippen molar-refractivity contribution in [1.82, 2.24) is 9.29 Å². The maximum Gasteiger partial charge on any atom is 0.244 e. The number of sulfonamides is 1. The van der Waals surface area contributed by atoms with Gasteiger partial charge in [0.1, 0.15) is 10.6 Å². The second kappa shape index (κ2) is 8.01. The number of benzene rings is 1. The van der Waals surface area contributed by atoms with Crippen molar-refractivity contribution in [3.63, 3.8) is 0 Å². The van der Waals surface area contributed by atoms with E-state index in [1.807, 2.05) is 12.1 Å². The van der Waals surface area contributed by atoms with E-state index in [1.54, 1.807) is 24.3 Å². The summed E-state index contributed by atoms with van der Waals surface area (Å²) in [7, 11) is -0.452. The van der Waals surface area contributed by atoms with Gasteiger partial charge >= 0.3 is 0 Å². The van der Waals surface area contributed by atoms with Gasteiger partial charge in [-0.1, -0.05) is 17.7 Å². The van der Waals surface area contributed by atoms with Crippen LogP contribution in [0, 0.1) is 0 Å². The summed E-state index contributed by atoms with van der Waals surface area (Å²) in [6.45, 7) is 0.504. The molecule has 0 fully saturated rings. The van der Waals surface area contributed by atoms with Crippen LogP contribution in [0.25, 0.3) is 0 Å². The summed E-state index contributed by atoms with van der Waals surface area (Å²) in [5.41, 5.74) is 0. The topological polar surface area (TPSA) is 59.5 Å². The van der Waals surface area contributed by atoms with Crippen LogP contribution >= 0.6 is 23.4 Å². The SMILES string of the molecule is CN(C)S(=O)(=O)c1ccc(SCCOc2cccc(Cl)c2)nc1. The van der Waals surface area contributed by atoms with Crippen molar-refractivity contribution in [2.24, 2.45) is 0 Å². The number of pyridine rings is 1. The Kier molecular flexibility index (Phi) is 6.29. The first-order chi connectivity index (χ1) is 10.9. The third kappa shape index (κ3) is 5.10. The molecule has 2 rings (SSSR count). The predicted octanol–water partition coefficient (Wildman–Crippen LogP) is 3.16. The number of nitrogens with zero attached hydrogens (tertiary/aromatic N) is 2. The zero-order chi connectivity index (χ0) is 16.9. The Bertz CT molecular complexity index is 750. The van der Waals surface area contributed by atoms with Gasteiger partial charge in [0.15, 0.2) is 0 Å². The summed E-state index contributed by atoms with van der Waals surface area (Å²) in [4.78, 5) is 4.35.